The second-order valence-corrected chi connectivity index (χ2v) is 6.07. The van der Waals surface area contributed by atoms with Crippen LogP contribution in [0.5, 0.6) is 0 Å². The van der Waals surface area contributed by atoms with Crippen LogP contribution >= 0.6 is 0 Å². The van der Waals surface area contributed by atoms with E-state index in [2.05, 4.69) is 51.0 Å². The summed E-state index contributed by atoms with van der Waals surface area (Å²) in [6.45, 7) is 2.00. The molecule has 4 rings (SSSR count). The highest BCUT2D eigenvalue weighted by atomic mass is 15.2. The van der Waals surface area contributed by atoms with Crippen LogP contribution in [0.1, 0.15) is 36.8 Å². The lowest BCUT2D eigenvalue weighted by Crippen LogP contribution is -2.34. The van der Waals surface area contributed by atoms with Crippen molar-refractivity contribution in [3.63, 3.8) is 0 Å². The molecule has 1 unspecified atom stereocenters. The van der Waals surface area contributed by atoms with E-state index in [-0.39, 0.29) is 0 Å². The van der Waals surface area contributed by atoms with Gasteiger partial charge in [0.2, 0.25) is 0 Å². The van der Waals surface area contributed by atoms with Crippen LogP contribution in [-0.4, -0.2) is 31.2 Å². The molecule has 0 radical (unpaired) electrons. The molecule has 1 aliphatic heterocycles. The highest BCUT2D eigenvalue weighted by molar-refractivity contribution is 5.75. The highest BCUT2D eigenvalue weighted by Crippen LogP contribution is 2.31. The smallest absolute Gasteiger partial charge is 0.123 e. The summed E-state index contributed by atoms with van der Waals surface area (Å²) in [5.74, 6) is 1.13. The molecule has 5 nitrogen and oxygen atoms in total. The summed E-state index contributed by atoms with van der Waals surface area (Å²) in [6.07, 6.45) is 5.57. The Labute approximate surface area is 130 Å². The summed E-state index contributed by atoms with van der Waals surface area (Å²) in [6, 6.07) is 10.9. The average molecular weight is 295 g/mol. The van der Waals surface area contributed by atoms with Gasteiger partial charge in [-0.3, -0.25) is 10.00 Å². The average Bonchev–Trinajstić information content (AvgIpc) is 3.18. The summed E-state index contributed by atoms with van der Waals surface area (Å²) in [5, 5.41) is 7.26. The molecule has 22 heavy (non-hydrogen) atoms. The van der Waals surface area contributed by atoms with Crippen LogP contribution in [0.15, 0.2) is 36.5 Å². The number of H-pyrrole nitrogens is 1. The van der Waals surface area contributed by atoms with E-state index in [1.807, 2.05) is 12.3 Å². The third kappa shape index (κ3) is 2.31. The van der Waals surface area contributed by atoms with Gasteiger partial charge in [-0.05, 0) is 37.6 Å². The van der Waals surface area contributed by atoms with Gasteiger partial charge in [0.05, 0.1) is 29.3 Å². The Hall–Kier alpha value is -2.14. The van der Waals surface area contributed by atoms with Crippen molar-refractivity contribution in [2.45, 2.75) is 31.8 Å². The Kier molecular flexibility index (Phi) is 3.42. The van der Waals surface area contributed by atoms with Gasteiger partial charge in [0.15, 0.2) is 0 Å². The zero-order valence-corrected chi connectivity index (χ0v) is 12.9. The minimum Gasteiger partial charge on any atom is -0.330 e. The highest BCUT2D eigenvalue weighted by Gasteiger charge is 2.26. The van der Waals surface area contributed by atoms with Gasteiger partial charge in [-0.15, -0.1) is 0 Å². The number of nitrogens with zero attached hydrogens (tertiary/aromatic N) is 4. The van der Waals surface area contributed by atoms with Gasteiger partial charge in [-0.25, -0.2) is 4.98 Å². The fraction of sp³-hybridized carbons (Fsp3) is 0.412. The third-order valence-corrected chi connectivity index (χ3v) is 4.72. The van der Waals surface area contributed by atoms with Crippen molar-refractivity contribution in [2.75, 3.05) is 6.54 Å². The molecular weight excluding hydrogens is 274 g/mol. The number of aromatic nitrogens is 4. The van der Waals surface area contributed by atoms with Gasteiger partial charge >= 0.3 is 0 Å². The normalized spacial score (nSPS) is 19.8. The summed E-state index contributed by atoms with van der Waals surface area (Å²) >= 11 is 0. The van der Waals surface area contributed by atoms with Gasteiger partial charge in [0.25, 0.3) is 0 Å². The largest absolute Gasteiger partial charge is 0.330 e. The van der Waals surface area contributed by atoms with Gasteiger partial charge in [0, 0.05) is 13.2 Å². The molecule has 0 saturated carbocycles. The molecule has 1 N–H and O–H groups in total. The van der Waals surface area contributed by atoms with E-state index in [1.54, 1.807) is 0 Å². The zero-order chi connectivity index (χ0) is 14.9. The molecule has 0 aliphatic carbocycles. The molecule has 3 heterocycles. The number of rotatable bonds is 3. The first-order chi connectivity index (χ1) is 10.8. The van der Waals surface area contributed by atoms with Crippen molar-refractivity contribution in [2.24, 2.45) is 7.05 Å². The summed E-state index contributed by atoms with van der Waals surface area (Å²) in [7, 11) is 2.11. The lowest BCUT2D eigenvalue weighted by Gasteiger charge is -2.34. The molecular formula is C17H21N5. The Morgan fingerprint density at radius 3 is 2.95 bits per heavy atom. The van der Waals surface area contributed by atoms with Crippen molar-refractivity contribution in [1.82, 2.24) is 24.6 Å². The van der Waals surface area contributed by atoms with E-state index in [0.717, 1.165) is 24.4 Å². The van der Waals surface area contributed by atoms with Gasteiger partial charge < -0.3 is 4.57 Å². The van der Waals surface area contributed by atoms with Crippen LogP contribution in [0.25, 0.3) is 11.0 Å². The standard InChI is InChI=1S/C17H21N5/c1-21-15-7-3-2-6-13(15)19-17(21)12-22-11-5-4-8-16(22)14-9-10-18-20-14/h2-3,6-7,9-10,16H,4-5,8,11-12H2,1H3,(H,18,20). The van der Waals surface area contributed by atoms with Crippen molar-refractivity contribution < 1.29 is 0 Å². The van der Waals surface area contributed by atoms with E-state index in [4.69, 9.17) is 4.98 Å². The maximum Gasteiger partial charge on any atom is 0.123 e. The quantitative estimate of drug-likeness (QED) is 0.808. The number of likely N-dealkylation sites (tertiary alicyclic amines) is 1. The number of aromatic amines is 1. The number of aryl methyl sites for hydroxylation is 1. The molecule has 0 bridgehead atoms. The van der Waals surface area contributed by atoms with E-state index in [0.29, 0.717) is 6.04 Å². The maximum atomic E-state index is 4.82. The van der Waals surface area contributed by atoms with Crippen molar-refractivity contribution in [1.29, 1.82) is 0 Å². The second-order valence-electron chi connectivity index (χ2n) is 6.07. The minimum atomic E-state index is 0.427. The van der Waals surface area contributed by atoms with Crippen LogP contribution in [-0.2, 0) is 13.6 Å². The Morgan fingerprint density at radius 2 is 2.14 bits per heavy atom. The zero-order valence-electron chi connectivity index (χ0n) is 12.9. The molecule has 1 saturated heterocycles. The summed E-state index contributed by atoms with van der Waals surface area (Å²) in [4.78, 5) is 7.34. The number of hydrogen-bond acceptors (Lipinski definition) is 3. The van der Waals surface area contributed by atoms with Gasteiger partial charge in [0.1, 0.15) is 5.82 Å². The number of imidazole rings is 1. The SMILES string of the molecule is Cn1c(CN2CCCCC2c2ccn[nH]2)nc2ccccc21. The Bertz CT molecular complexity index is 759. The Balaban J connectivity index is 1.64. The summed E-state index contributed by atoms with van der Waals surface area (Å²) in [5.41, 5.74) is 3.50. The molecule has 0 amide bonds. The van der Waals surface area contributed by atoms with E-state index in [1.165, 1.54) is 30.5 Å². The number of piperidine rings is 1. The monoisotopic (exact) mass is 295 g/mol. The lowest BCUT2D eigenvalue weighted by atomic mass is 9.99. The van der Waals surface area contributed by atoms with Crippen LogP contribution in [0.2, 0.25) is 0 Å². The predicted octanol–water partition coefficient (Wildman–Crippen LogP) is 3.02. The third-order valence-electron chi connectivity index (χ3n) is 4.72. The van der Waals surface area contributed by atoms with Crippen molar-refractivity contribution in [3.05, 3.63) is 48.0 Å². The van der Waals surface area contributed by atoms with Crippen LogP contribution in [0, 0.1) is 0 Å². The second kappa shape index (κ2) is 5.57. The van der Waals surface area contributed by atoms with Gasteiger partial charge in [-0.2, -0.15) is 5.10 Å². The Morgan fingerprint density at radius 1 is 1.23 bits per heavy atom. The van der Waals surface area contributed by atoms with Crippen LogP contribution in [0.3, 0.4) is 0 Å². The van der Waals surface area contributed by atoms with Crippen LogP contribution < -0.4 is 0 Å². The molecule has 1 aliphatic rings. The van der Waals surface area contributed by atoms with E-state index < -0.39 is 0 Å². The first-order valence-corrected chi connectivity index (χ1v) is 7.96. The van der Waals surface area contributed by atoms with Gasteiger partial charge in [-0.1, -0.05) is 18.6 Å². The number of para-hydroxylation sites is 2. The fourth-order valence-corrected chi connectivity index (χ4v) is 3.50. The fourth-order valence-electron chi connectivity index (χ4n) is 3.50. The van der Waals surface area contributed by atoms with Crippen molar-refractivity contribution >= 4 is 11.0 Å². The molecule has 1 atom stereocenters. The molecule has 3 aromatic rings. The molecule has 114 valence electrons. The van der Waals surface area contributed by atoms with E-state index in [9.17, 15) is 0 Å². The first-order valence-electron chi connectivity index (χ1n) is 7.96. The first kappa shape index (κ1) is 13.5. The topological polar surface area (TPSA) is 49.7 Å². The van der Waals surface area contributed by atoms with Crippen molar-refractivity contribution in [3.8, 4) is 0 Å². The molecule has 1 aromatic carbocycles. The van der Waals surface area contributed by atoms with E-state index >= 15 is 0 Å². The lowest BCUT2D eigenvalue weighted by molar-refractivity contribution is 0.132. The number of hydrogen-bond donors (Lipinski definition) is 1. The minimum absolute atomic E-state index is 0.427. The molecule has 1 fully saturated rings. The molecule has 2 aromatic heterocycles. The number of nitrogens with one attached hydrogen (secondary N) is 1. The number of fused-ring (bicyclic) bond motifs is 1. The summed E-state index contributed by atoms with van der Waals surface area (Å²) < 4.78 is 2.22. The predicted molar refractivity (Wildman–Crippen MR) is 86.3 cm³/mol. The molecule has 0 spiro atoms. The maximum absolute atomic E-state index is 4.82. The number of benzene rings is 1. The molecule has 5 heteroatoms. The van der Waals surface area contributed by atoms with Crippen LogP contribution in [0.4, 0.5) is 0 Å².